The van der Waals surface area contributed by atoms with E-state index in [-0.39, 0.29) is 17.2 Å². The van der Waals surface area contributed by atoms with Crippen LogP contribution in [0.15, 0.2) is 18.6 Å². The molecule has 0 unspecified atom stereocenters. The van der Waals surface area contributed by atoms with Crippen molar-refractivity contribution < 1.29 is 9.53 Å². The van der Waals surface area contributed by atoms with Crippen molar-refractivity contribution in [2.24, 2.45) is 5.41 Å². The molecule has 2 saturated heterocycles. The summed E-state index contributed by atoms with van der Waals surface area (Å²) in [7, 11) is 5.50. The summed E-state index contributed by atoms with van der Waals surface area (Å²) < 4.78 is 7.29. The van der Waals surface area contributed by atoms with E-state index in [4.69, 9.17) is 14.8 Å². The summed E-state index contributed by atoms with van der Waals surface area (Å²) in [6.07, 6.45) is 3.45. The van der Waals surface area contributed by atoms with Gasteiger partial charge in [0.05, 0.1) is 30.7 Å². The topological polar surface area (TPSA) is 108 Å². The second-order valence-corrected chi connectivity index (χ2v) is 12.1. The summed E-state index contributed by atoms with van der Waals surface area (Å²) in [5, 5.41) is 14.4. The van der Waals surface area contributed by atoms with E-state index < -0.39 is 0 Å². The first-order valence-corrected chi connectivity index (χ1v) is 13.6. The molecule has 6 heterocycles. The fourth-order valence-electron chi connectivity index (χ4n) is 5.68. The van der Waals surface area contributed by atoms with Gasteiger partial charge in [-0.3, -0.25) is 9.89 Å². The lowest BCUT2D eigenvalue weighted by atomic mass is 9.73. The zero-order chi connectivity index (χ0) is 26.8. The van der Waals surface area contributed by atoms with E-state index >= 15 is 0 Å². The van der Waals surface area contributed by atoms with Crippen molar-refractivity contribution >= 4 is 27.9 Å². The number of nitrogens with one attached hydrogen (secondary N) is 1. The van der Waals surface area contributed by atoms with E-state index in [0.717, 1.165) is 59.4 Å². The van der Waals surface area contributed by atoms with E-state index in [0.29, 0.717) is 17.9 Å². The average molecular weight is 536 g/mol. The quantitative estimate of drug-likeness (QED) is 0.385. The molecule has 4 aromatic rings. The Kier molecular flexibility index (Phi) is 5.91. The van der Waals surface area contributed by atoms with Gasteiger partial charge in [-0.25, -0.2) is 14.5 Å². The molecule has 0 aliphatic carbocycles. The number of ether oxygens (including phenoxy) is 1. The van der Waals surface area contributed by atoms with Crippen LogP contribution in [0.2, 0.25) is 0 Å². The number of aryl methyl sites for hydroxylation is 1. The van der Waals surface area contributed by atoms with E-state index in [1.165, 1.54) is 11.3 Å². The number of likely N-dealkylation sites (tertiary alicyclic amines) is 1. The summed E-state index contributed by atoms with van der Waals surface area (Å²) in [5.74, 6) is 1.08. The number of anilines is 1. The zero-order valence-electron chi connectivity index (χ0n) is 22.6. The lowest BCUT2D eigenvalue weighted by Crippen LogP contribution is -2.73. The SMILES string of the molecule is COc1cc(-c2n[nH]c(-c3nc(C)c(N4CC5(CN(C(=O)CN(C)C)C5)C4)s3)c2C(C)C)cn2ncnc12. The summed E-state index contributed by atoms with van der Waals surface area (Å²) >= 11 is 1.70. The normalized spacial score (nSPS) is 16.5. The minimum atomic E-state index is 0.215. The number of hydrogen-bond acceptors (Lipinski definition) is 9. The first-order chi connectivity index (χ1) is 18.2. The van der Waals surface area contributed by atoms with Crippen molar-refractivity contribution in [3.63, 3.8) is 0 Å². The van der Waals surface area contributed by atoms with Crippen LogP contribution in [0.3, 0.4) is 0 Å². The summed E-state index contributed by atoms with van der Waals surface area (Å²) in [6, 6.07) is 1.96. The molecule has 200 valence electrons. The Balaban J connectivity index is 1.24. The highest BCUT2D eigenvalue weighted by Gasteiger charge is 2.53. The van der Waals surface area contributed by atoms with Gasteiger partial charge in [0.15, 0.2) is 11.4 Å². The first-order valence-electron chi connectivity index (χ1n) is 12.8. The lowest BCUT2D eigenvalue weighted by Gasteiger charge is -2.60. The van der Waals surface area contributed by atoms with Gasteiger partial charge < -0.3 is 19.4 Å². The Hall–Kier alpha value is -3.51. The molecule has 38 heavy (non-hydrogen) atoms. The third kappa shape index (κ3) is 4.02. The summed E-state index contributed by atoms with van der Waals surface area (Å²) in [6.45, 7) is 10.5. The standard InChI is InChI=1S/C26H33N9O2S/c1-15(2)20-21(17-7-18(37-6)23-27-14-28-35(23)8-17)30-31-22(20)24-29-16(3)25(38-24)34-12-26(13-34)10-33(11-26)19(36)9-32(4)5/h7-8,14-15H,9-13H2,1-6H3,(H,30,31). The third-order valence-corrected chi connectivity index (χ3v) is 8.63. The number of rotatable bonds is 7. The molecule has 11 nitrogen and oxygen atoms in total. The number of thiazole rings is 1. The van der Waals surface area contributed by atoms with Gasteiger partial charge in [0.25, 0.3) is 0 Å². The average Bonchev–Trinajstić information content (AvgIpc) is 3.54. The van der Waals surface area contributed by atoms with Crippen molar-refractivity contribution in [3.8, 4) is 27.7 Å². The Morgan fingerprint density at radius 2 is 2.03 bits per heavy atom. The number of amides is 1. The van der Waals surface area contributed by atoms with Crippen LogP contribution < -0.4 is 9.64 Å². The Labute approximate surface area is 225 Å². The van der Waals surface area contributed by atoms with Crippen LogP contribution in [0, 0.1) is 12.3 Å². The number of carbonyl (C=O) groups is 1. The minimum absolute atomic E-state index is 0.215. The minimum Gasteiger partial charge on any atom is -0.493 e. The van der Waals surface area contributed by atoms with Crippen LogP contribution in [0.5, 0.6) is 5.75 Å². The molecular formula is C26H33N9O2S. The Bertz CT molecular complexity index is 1500. The number of H-pyrrole nitrogens is 1. The number of fused-ring (bicyclic) bond motifs is 1. The van der Waals surface area contributed by atoms with Crippen LogP contribution in [0.25, 0.3) is 27.6 Å². The first kappa shape index (κ1) is 24.8. The van der Waals surface area contributed by atoms with Crippen LogP contribution >= 0.6 is 11.3 Å². The molecule has 0 bridgehead atoms. The molecule has 0 atom stereocenters. The van der Waals surface area contributed by atoms with Gasteiger partial charge in [-0.05, 0) is 33.0 Å². The monoisotopic (exact) mass is 535 g/mol. The number of pyridine rings is 1. The molecule has 1 spiro atoms. The fourth-order valence-corrected chi connectivity index (χ4v) is 6.75. The predicted molar refractivity (Wildman–Crippen MR) is 147 cm³/mol. The maximum atomic E-state index is 12.3. The van der Waals surface area contributed by atoms with Gasteiger partial charge in [0.1, 0.15) is 16.3 Å². The van der Waals surface area contributed by atoms with Gasteiger partial charge in [-0.15, -0.1) is 0 Å². The van der Waals surface area contributed by atoms with E-state index in [1.54, 1.807) is 23.0 Å². The third-order valence-electron chi connectivity index (χ3n) is 7.40. The van der Waals surface area contributed by atoms with Crippen molar-refractivity contribution in [1.82, 2.24) is 39.6 Å². The maximum Gasteiger partial charge on any atom is 0.236 e. The summed E-state index contributed by atoms with van der Waals surface area (Å²) in [5.41, 5.74) is 5.75. The highest BCUT2D eigenvalue weighted by Crippen LogP contribution is 2.47. The van der Waals surface area contributed by atoms with Crippen molar-refractivity contribution in [2.75, 3.05) is 58.8 Å². The van der Waals surface area contributed by atoms with Crippen molar-refractivity contribution in [1.29, 1.82) is 0 Å². The maximum absolute atomic E-state index is 12.3. The summed E-state index contributed by atoms with van der Waals surface area (Å²) in [4.78, 5) is 27.9. The van der Waals surface area contributed by atoms with Crippen LogP contribution in [0.4, 0.5) is 5.00 Å². The number of aromatic nitrogens is 6. The molecule has 12 heteroatoms. The molecule has 0 radical (unpaired) electrons. The van der Waals surface area contributed by atoms with Gasteiger partial charge in [0, 0.05) is 48.9 Å². The number of nitrogens with zero attached hydrogens (tertiary/aromatic N) is 8. The lowest BCUT2D eigenvalue weighted by molar-refractivity contribution is -0.145. The number of hydrogen-bond donors (Lipinski definition) is 1. The van der Waals surface area contributed by atoms with E-state index in [2.05, 4.69) is 40.9 Å². The Morgan fingerprint density at radius 1 is 1.26 bits per heavy atom. The van der Waals surface area contributed by atoms with Crippen LogP contribution in [0.1, 0.15) is 31.0 Å². The second-order valence-electron chi connectivity index (χ2n) is 11.1. The highest BCUT2D eigenvalue weighted by molar-refractivity contribution is 7.19. The molecule has 2 aliphatic heterocycles. The molecule has 1 N–H and O–H groups in total. The van der Waals surface area contributed by atoms with Gasteiger partial charge in [-0.2, -0.15) is 10.2 Å². The van der Waals surface area contributed by atoms with Gasteiger partial charge in [0.2, 0.25) is 5.91 Å². The Morgan fingerprint density at radius 3 is 2.71 bits per heavy atom. The second kappa shape index (κ2) is 9.05. The van der Waals surface area contributed by atoms with E-state index in [1.807, 2.05) is 36.2 Å². The molecule has 2 fully saturated rings. The van der Waals surface area contributed by atoms with E-state index in [9.17, 15) is 4.79 Å². The largest absolute Gasteiger partial charge is 0.493 e. The molecule has 0 aromatic carbocycles. The molecule has 1 amide bonds. The van der Waals surface area contributed by atoms with Crippen molar-refractivity contribution in [2.45, 2.75) is 26.7 Å². The smallest absolute Gasteiger partial charge is 0.236 e. The highest BCUT2D eigenvalue weighted by atomic mass is 32.1. The number of carbonyl (C=O) groups excluding carboxylic acids is 1. The zero-order valence-corrected chi connectivity index (χ0v) is 23.5. The van der Waals surface area contributed by atoms with Crippen molar-refractivity contribution in [3.05, 3.63) is 29.8 Å². The number of likely N-dealkylation sites (N-methyl/N-ethyl adjacent to an activating group) is 1. The number of methoxy groups -OCH3 is 1. The molecule has 4 aromatic heterocycles. The van der Waals surface area contributed by atoms with Crippen LogP contribution in [-0.2, 0) is 4.79 Å². The predicted octanol–water partition coefficient (Wildman–Crippen LogP) is 2.89. The van der Waals surface area contributed by atoms with Crippen LogP contribution in [-0.4, -0.2) is 99.4 Å². The fraction of sp³-hybridized carbons (Fsp3) is 0.500. The molecular weight excluding hydrogens is 502 g/mol. The molecule has 0 saturated carbocycles. The van der Waals surface area contributed by atoms with Gasteiger partial charge in [-0.1, -0.05) is 25.2 Å². The van der Waals surface area contributed by atoms with Gasteiger partial charge >= 0.3 is 0 Å². The number of aromatic amines is 1. The molecule has 2 aliphatic rings. The molecule has 6 rings (SSSR count).